The molecule has 1 fully saturated rings. The van der Waals surface area contributed by atoms with E-state index in [1.807, 2.05) is 0 Å². The lowest BCUT2D eigenvalue weighted by Gasteiger charge is -2.16. The average Bonchev–Trinajstić information content (AvgIpc) is 2.94. The van der Waals surface area contributed by atoms with Gasteiger partial charge in [-0.25, -0.2) is 17.6 Å². The van der Waals surface area contributed by atoms with Crippen LogP contribution in [0.5, 0.6) is 0 Å². The molecule has 1 heterocycles. The highest BCUT2D eigenvalue weighted by Crippen LogP contribution is 2.23. The number of nitrogens with one attached hydrogen (secondary N) is 2. The third-order valence-electron chi connectivity index (χ3n) is 3.39. The summed E-state index contributed by atoms with van der Waals surface area (Å²) in [7, 11) is -3.82. The second kappa shape index (κ2) is 5.88. The predicted octanol–water partition coefficient (Wildman–Crippen LogP) is 2.16. The minimum Gasteiger partial charge on any atom is -0.336 e. The summed E-state index contributed by atoms with van der Waals surface area (Å²) in [5, 5.41) is 2.68. The van der Waals surface area contributed by atoms with E-state index < -0.39 is 15.8 Å². The smallest absolute Gasteiger partial charge is 0.321 e. The molecular weight excluding hydrogens is 321 g/mol. The van der Waals surface area contributed by atoms with Crippen LogP contribution in [-0.2, 0) is 10.0 Å². The van der Waals surface area contributed by atoms with Crippen LogP contribution in [0.1, 0.15) is 0 Å². The fourth-order valence-electron chi connectivity index (χ4n) is 2.28. The van der Waals surface area contributed by atoms with Gasteiger partial charge in [-0.1, -0.05) is 6.07 Å². The fourth-order valence-corrected chi connectivity index (χ4v) is 3.33. The quantitative estimate of drug-likeness (QED) is 0.899. The minimum atomic E-state index is -3.82. The van der Waals surface area contributed by atoms with Crippen LogP contribution in [0.4, 0.5) is 20.6 Å². The maximum atomic E-state index is 12.9. The Morgan fingerprint density at radius 1 is 1.13 bits per heavy atom. The van der Waals surface area contributed by atoms with Crippen LogP contribution in [0.15, 0.2) is 53.4 Å². The normalized spacial score (nSPS) is 14.7. The second-order valence-corrected chi connectivity index (χ2v) is 6.68. The maximum Gasteiger partial charge on any atom is 0.321 e. The van der Waals surface area contributed by atoms with Crippen molar-refractivity contribution < 1.29 is 17.6 Å². The molecule has 3 rings (SSSR count). The van der Waals surface area contributed by atoms with Gasteiger partial charge in [0.15, 0.2) is 0 Å². The van der Waals surface area contributed by atoms with Gasteiger partial charge < -0.3 is 5.32 Å². The van der Waals surface area contributed by atoms with E-state index in [2.05, 4.69) is 10.0 Å². The molecule has 0 unspecified atom stereocenters. The molecule has 0 aliphatic carbocycles. The van der Waals surface area contributed by atoms with Crippen molar-refractivity contribution in [3.8, 4) is 0 Å². The SMILES string of the molecule is O=C1NCCN1c1cccc(NS(=O)(=O)c2ccc(F)cc2)c1. The highest BCUT2D eigenvalue weighted by Gasteiger charge is 2.22. The molecular formula is C15H14FN3O3S. The Morgan fingerprint density at radius 2 is 1.87 bits per heavy atom. The minimum absolute atomic E-state index is 0.0387. The van der Waals surface area contributed by atoms with Crippen LogP contribution in [0.25, 0.3) is 0 Å². The van der Waals surface area contributed by atoms with Gasteiger partial charge in [0, 0.05) is 18.8 Å². The van der Waals surface area contributed by atoms with Crippen LogP contribution in [0.2, 0.25) is 0 Å². The molecule has 1 saturated heterocycles. The molecule has 2 amide bonds. The number of benzene rings is 2. The van der Waals surface area contributed by atoms with Crippen molar-refractivity contribution in [2.45, 2.75) is 4.90 Å². The summed E-state index contributed by atoms with van der Waals surface area (Å²) in [6.45, 7) is 1.07. The van der Waals surface area contributed by atoms with Crippen LogP contribution < -0.4 is 14.9 Å². The van der Waals surface area contributed by atoms with E-state index in [1.165, 1.54) is 17.0 Å². The number of urea groups is 1. The van der Waals surface area contributed by atoms with Crippen molar-refractivity contribution in [1.82, 2.24) is 5.32 Å². The first kappa shape index (κ1) is 15.3. The van der Waals surface area contributed by atoms with Crippen molar-refractivity contribution in [2.24, 2.45) is 0 Å². The molecule has 0 aromatic heterocycles. The molecule has 2 N–H and O–H groups in total. The topological polar surface area (TPSA) is 78.5 Å². The molecule has 0 spiro atoms. The number of hydrogen-bond acceptors (Lipinski definition) is 3. The zero-order chi connectivity index (χ0) is 16.4. The Hall–Kier alpha value is -2.61. The van der Waals surface area contributed by atoms with Gasteiger partial charge in [0.2, 0.25) is 0 Å². The Balaban J connectivity index is 1.85. The van der Waals surface area contributed by atoms with E-state index >= 15 is 0 Å². The second-order valence-electron chi connectivity index (χ2n) is 4.99. The molecule has 0 radical (unpaired) electrons. The van der Waals surface area contributed by atoms with Gasteiger partial charge in [-0.2, -0.15) is 0 Å². The highest BCUT2D eigenvalue weighted by atomic mass is 32.2. The van der Waals surface area contributed by atoms with Crippen molar-refractivity contribution in [1.29, 1.82) is 0 Å². The Morgan fingerprint density at radius 3 is 2.52 bits per heavy atom. The number of carbonyl (C=O) groups is 1. The number of rotatable bonds is 4. The summed E-state index contributed by atoms with van der Waals surface area (Å²) in [4.78, 5) is 13.2. The summed E-state index contributed by atoms with van der Waals surface area (Å²) in [6, 6.07) is 10.9. The van der Waals surface area contributed by atoms with Gasteiger partial charge in [0.25, 0.3) is 10.0 Å². The zero-order valence-electron chi connectivity index (χ0n) is 12.0. The Kier molecular flexibility index (Phi) is 3.91. The Bertz CT molecular complexity index is 837. The summed E-state index contributed by atoms with van der Waals surface area (Å²) < 4.78 is 39.9. The molecule has 1 aliphatic heterocycles. The molecule has 8 heteroatoms. The summed E-state index contributed by atoms with van der Waals surface area (Å²) in [6.07, 6.45) is 0. The number of sulfonamides is 1. The van der Waals surface area contributed by atoms with E-state index in [0.717, 1.165) is 12.1 Å². The van der Waals surface area contributed by atoms with Crippen molar-refractivity contribution >= 4 is 27.4 Å². The largest absolute Gasteiger partial charge is 0.336 e. The van der Waals surface area contributed by atoms with Crippen LogP contribution in [-0.4, -0.2) is 27.5 Å². The first-order valence-electron chi connectivity index (χ1n) is 6.89. The van der Waals surface area contributed by atoms with Gasteiger partial charge in [-0.05, 0) is 42.5 Å². The van der Waals surface area contributed by atoms with Gasteiger partial charge in [-0.15, -0.1) is 0 Å². The third kappa shape index (κ3) is 3.26. The maximum absolute atomic E-state index is 12.9. The van der Waals surface area contributed by atoms with Gasteiger partial charge in [-0.3, -0.25) is 9.62 Å². The number of hydrogen-bond donors (Lipinski definition) is 2. The van der Waals surface area contributed by atoms with E-state index in [1.54, 1.807) is 24.3 Å². The third-order valence-corrected chi connectivity index (χ3v) is 4.79. The molecule has 6 nitrogen and oxygen atoms in total. The van der Waals surface area contributed by atoms with Crippen molar-refractivity contribution in [3.05, 3.63) is 54.3 Å². The first-order chi connectivity index (χ1) is 11.0. The van der Waals surface area contributed by atoms with Crippen LogP contribution in [0, 0.1) is 5.82 Å². The zero-order valence-corrected chi connectivity index (χ0v) is 12.8. The van der Waals surface area contributed by atoms with Crippen LogP contribution in [0.3, 0.4) is 0 Å². The van der Waals surface area contributed by atoms with E-state index in [9.17, 15) is 17.6 Å². The van der Waals surface area contributed by atoms with Crippen LogP contribution >= 0.6 is 0 Å². The first-order valence-corrected chi connectivity index (χ1v) is 8.38. The number of halogens is 1. The molecule has 0 bridgehead atoms. The predicted molar refractivity (Wildman–Crippen MR) is 84.4 cm³/mol. The number of carbonyl (C=O) groups excluding carboxylic acids is 1. The van der Waals surface area contributed by atoms with E-state index in [0.29, 0.717) is 24.5 Å². The summed E-state index contributed by atoms with van der Waals surface area (Å²) in [5.74, 6) is -0.508. The summed E-state index contributed by atoms with van der Waals surface area (Å²) in [5.41, 5.74) is 0.922. The van der Waals surface area contributed by atoms with E-state index in [-0.39, 0.29) is 10.9 Å². The van der Waals surface area contributed by atoms with Gasteiger partial charge in [0.05, 0.1) is 10.6 Å². The lowest BCUT2D eigenvalue weighted by molar-refractivity contribution is 0.252. The lowest BCUT2D eigenvalue weighted by Crippen LogP contribution is -2.27. The van der Waals surface area contributed by atoms with Gasteiger partial charge >= 0.3 is 6.03 Å². The molecule has 0 atom stereocenters. The average molecular weight is 335 g/mol. The monoisotopic (exact) mass is 335 g/mol. The molecule has 23 heavy (non-hydrogen) atoms. The van der Waals surface area contributed by atoms with Crippen molar-refractivity contribution in [3.63, 3.8) is 0 Å². The number of nitrogens with zero attached hydrogens (tertiary/aromatic N) is 1. The molecule has 2 aromatic rings. The number of amides is 2. The van der Waals surface area contributed by atoms with E-state index in [4.69, 9.17) is 0 Å². The molecule has 2 aromatic carbocycles. The Labute approximate surface area is 133 Å². The van der Waals surface area contributed by atoms with Crippen molar-refractivity contribution in [2.75, 3.05) is 22.7 Å². The van der Waals surface area contributed by atoms with Gasteiger partial charge in [0.1, 0.15) is 5.82 Å². The molecule has 120 valence electrons. The number of anilines is 2. The lowest BCUT2D eigenvalue weighted by atomic mass is 10.2. The standard InChI is InChI=1S/C15H14FN3O3S/c16-11-4-6-14(7-5-11)23(21,22)18-12-2-1-3-13(10-12)19-9-8-17-15(19)20/h1-7,10,18H,8-9H2,(H,17,20). The molecule has 0 saturated carbocycles. The summed E-state index contributed by atoms with van der Waals surface area (Å²) >= 11 is 0. The fraction of sp³-hybridized carbons (Fsp3) is 0.133. The highest BCUT2D eigenvalue weighted by molar-refractivity contribution is 7.92. The molecule has 1 aliphatic rings.